The number of nitrogens with zero attached hydrogens (tertiary/aromatic N) is 3. The van der Waals surface area contributed by atoms with Crippen molar-refractivity contribution in [3.05, 3.63) is 27.9 Å². The molecule has 0 bridgehead atoms. The van der Waals surface area contributed by atoms with Gasteiger partial charge < -0.3 is 5.32 Å². The normalized spacial score (nSPS) is 12.4. The molecule has 7 heteroatoms. The van der Waals surface area contributed by atoms with Gasteiger partial charge in [0.2, 0.25) is 0 Å². The summed E-state index contributed by atoms with van der Waals surface area (Å²) in [6.07, 6.45) is 3.45. The van der Waals surface area contributed by atoms with E-state index in [0.29, 0.717) is 5.13 Å². The van der Waals surface area contributed by atoms with E-state index in [9.17, 15) is 4.79 Å². The minimum atomic E-state index is -0.371. The second-order valence-corrected chi connectivity index (χ2v) is 5.29. The minimum Gasteiger partial charge on any atom is -0.300 e. The zero-order chi connectivity index (χ0) is 12.4. The number of halogens is 1. The van der Waals surface area contributed by atoms with Crippen molar-refractivity contribution in [2.75, 3.05) is 5.32 Å². The number of hydrogen-bond donors (Lipinski definition) is 1. The number of carbonyl (C=O) groups is 1. The van der Waals surface area contributed by atoms with Crippen molar-refractivity contribution >= 4 is 38.3 Å². The Labute approximate surface area is 111 Å². The Morgan fingerprint density at radius 3 is 2.94 bits per heavy atom. The summed E-state index contributed by atoms with van der Waals surface area (Å²) >= 11 is 4.76. The molecule has 0 unspecified atom stereocenters. The zero-order valence-electron chi connectivity index (χ0n) is 9.35. The average Bonchev–Trinajstić information content (AvgIpc) is 2.89. The van der Waals surface area contributed by atoms with E-state index in [-0.39, 0.29) is 11.9 Å². The maximum Gasteiger partial charge on any atom is 0.250 e. The van der Waals surface area contributed by atoms with E-state index in [1.54, 1.807) is 24.0 Å². The van der Waals surface area contributed by atoms with Gasteiger partial charge in [0.25, 0.3) is 5.91 Å². The zero-order valence-corrected chi connectivity index (χ0v) is 11.7. The summed E-state index contributed by atoms with van der Waals surface area (Å²) in [4.78, 5) is 15.9. The molecule has 1 amide bonds. The number of thiazole rings is 1. The van der Waals surface area contributed by atoms with E-state index in [4.69, 9.17) is 0 Å². The van der Waals surface area contributed by atoms with Crippen LogP contribution < -0.4 is 5.32 Å². The molecule has 17 heavy (non-hydrogen) atoms. The molecule has 2 rings (SSSR count). The van der Waals surface area contributed by atoms with Crippen molar-refractivity contribution in [2.24, 2.45) is 0 Å². The first-order chi connectivity index (χ1) is 8.08. The van der Waals surface area contributed by atoms with E-state index < -0.39 is 0 Å². The van der Waals surface area contributed by atoms with Crippen LogP contribution in [-0.2, 0) is 4.79 Å². The smallest absolute Gasteiger partial charge is 0.250 e. The van der Waals surface area contributed by atoms with Crippen LogP contribution in [0.15, 0.2) is 22.2 Å². The predicted octanol–water partition coefficient (Wildman–Crippen LogP) is 2.61. The van der Waals surface area contributed by atoms with E-state index in [0.717, 1.165) is 10.2 Å². The van der Waals surface area contributed by atoms with Crippen LogP contribution in [-0.4, -0.2) is 20.7 Å². The van der Waals surface area contributed by atoms with Gasteiger partial charge in [-0.3, -0.25) is 9.48 Å². The summed E-state index contributed by atoms with van der Waals surface area (Å²) in [6, 6.07) is -0.371. The quantitative estimate of drug-likeness (QED) is 0.947. The highest BCUT2D eigenvalue weighted by molar-refractivity contribution is 9.10. The Hall–Kier alpha value is -1.21. The summed E-state index contributed by atoms with van der Waals surface area (Å²) in [5, 5.41) is 9.41. The van der Waals surface area contributed by atoms with Crippen molar-refractivity contribution < 1.29 is 4.79 Å². The number of hydrogen-bond acceptors (Lipinski definition) is 4. The van der Waals surface area contributed by atoms with Crippen LogP contribution in [0.1, 0.15) is 18.7 Å². The molecule has 5 nitrogen and oxygen atoms in total. The first-order valence-corrected chi connectivity index (χ1v) is 6.67. The molecule has 0 aliphatic carbocycles. The Morgan fingerprint density at radius 1 is 1.65 bits per heavy atom. The van der Waals surface area contributed by atoms with E-state index in [1.165, 1.54) is 11.3 Å². The van der Waals surface area contributed by atoms with Gasteiger partial charge in [-0.1, -0.05) is 0 Å². The highest BCUT2D eigenvalue weighted by Gasteiger charge is 2.17. The molecule has 1 atom stereocenters. The van der Waals surface area contributed by atoms with Crippen LogP contribution in [0.3, 0.4) is 0 Å². The molecule has 2 aromatic heterocycles. The number of anilines is 1. The molecular weight excluding hydrogens is 304 g/mol. The van der Waals surface area contributed by atoms with Crippen molar-refractivity contribution in [1.29, 1.82) is 0 Å². The van der Waals surface area contributed by atoms with Crippen molar-refractivity contribution in [2.45, 2.75) is 19.9 Å². The number of aryl methyl sites for hydroxylation is 1. The summed E-state index contributed by atoms with van der Waals surface area (Å²) in [5.41, 5.74) is 0.860. The van der Waals surface area contributed by atoms with Gasteiger partial charge in [-0.05, 0) is 29.8 Å². The molecule has 0 aliphatic rings. The summed E-state index contributed by atoms with van der Waals surface area (Å²) in [5.74, 6) is -0.130. The fourth-order valence-corrected chi connectivity index (χ4v) is 2.09. The van der Waals surface area contributed by atoms with Crippen LogP contribution in [0.25, 0.3) is 0 Å². The van der Waals surface area contributed by atoms with Gasteiger partial charge in [0, 0.05) is 17.8 Å². The van der Waals surface area contributed by atoms with E-state index >= 15 is 0 Å². The first-order valence-electron chi connectivity index (χ1n) is 4.99. The maximum atomic E-state index is 11.9. The number of rotatable bonds is 3. The monoisotopic (exact) mass is 314 g/mol. The second kappa shape index (κ2) is 4.97. The molecule has 2 heterocycles. The van der Waals surface area contributed by atoms with Crippen molar-refractivity contribution in [1.82, 2.24) is 14.8 Å². The number of amides is 1. The van der Waals surface area contributed by atoms with Crippen LogP contribution in [0.4, 0.5) is 5.13 Å². The number of nitrogens with one attached hydrogen (secondary N) is 1. The summed E-state index contributed by atoms with van der Waals surface area (Å²) in [6.45, 7) is 3.67. The number of aromatic nitrogens is 3. The highest BCUT2D eigenvalue weighted by atomic mass is 79.9. The average molecular weight is 315 g/mol. The lowest BCUT2D eigenvalue weighted by molar-refractivity contribution is -0.119. The molecule has 0 fully saturated rings. The van der Waals surface area contributed by atoms with Crippen LogP contribution >= 0.6 is 27.3 Å². The molecule has 90 valence electrons. The molecule has 0 radical (unpaired) electrons. The van der Waals surface area contributed by atoms with Crippen LogP contribution in [0.5, 0.6) is 0 Å². The fourth-order valence-electron chi connectivity index (χ4n) is 1.27. The lowest BCUT2D eigenvalue weighted by Gasteiger charge is -2.10. The van der Waals surface area contributed by atoms with Crippen molar-refractivity contribution in [3.8, 4) is 0 Å². The lowest BCUT2D eigenvalue weighted by Crippen LogP contribution is -2.24. The Bertz CT molecular complexity index is 503. The highest BCUT2D eigenvalue weighted by Crippen LogP contribution is 2.18. The molecule has 0 aromatic carbocycles. The largest absolute Gasteiger partial charge is 0.300 e. The van der Waals surface area contributed by atoms with Crippen LogP contribution in [0, 0.1) is 6.92 Å². The molecule has 2 aromatic rings. The fraction of sp³-hybridized carbons (Fsp3) is 0.300. The number of carbonyl (C=O) groups excluding carboxylic acids is 1. The van der Waals surface area contributed by atoms with Gasteiger partial charge in [0.05, 0.1) is 10.2 Å². The Balaban J connectivity index is 2.09. The van der Waals surface area contributed by atoms with Gasteiger partial charge in [0.1, 0.15) is 6.04 Å². The maximum absolute atomic E-state index is 11.9. The van der Waals surface area contributed by atoms with Crippen molar-refractivity contribution in [3.63, 3.8) is 0 Å². The third-order valence-electron chi connectivity index (χ3n) is 2.30. The van der Waals surface area contributed by atoms with Gasteiger partial charge in [-0.15, -0.1) is 11.3 Å². The van der Waals surface area contributed by atoms with Gasteiger partial charge in [-0.2, -0.15) is 5.10 Å². The summed E-state index contributed by atoms with van der Waals surface area (Å²) < 4.78 is 2.52. The van der Waals surface area contributed by atoms with Gasteiger partial charge in [0.15, 0.2) is 5.13 Å². The topological polar surface area (TPSA) is 59.8 Å². The third kappa shape index (κ3) is 2.73. The van der Waals surface area contributed by atoms with Gasteiger partial charge in [-0.25, -0.2) is 4.98 Å². The summed E-state index contributed by atoms with van der Waals surface area (Å²) in [7, 11) is 0. The molecule has 1 N–H and O–H groups in total. The predicted molar refractivity (Wildman–Crippen MR) is 70.1 cm³/mol. The van der Waals surface area contributed by atoms with E-state index in [1.807, 2.05) is 12.3 Å². The Kier molecular flexibility index (Phi) is 3.58. The first kappa shape index (κ1) is 12.3. The molecular formula is C10H11BrN4OS. The minimum absolute atomic E-state index is 0.130. The molecule has 0 saturated heterocycles. The standard InChI is InChI=1S/C10H11BrN4OS/c1-6-8(11)5-15(14-6)7(2)9(16)13-10-12-3-4-17-10/h3-5,7H,1-2H3,(H,12,13,16)/t7-/m1/s1. The lowest BCUT2D eigenvalue weighted by atomic mass is 10.3. The SMILES string of the molecule is Cc1nn([C@H](C)C(=O)Nc2nccs2)cc1Br. The third-order valence-corrected chi connectivity index (χ3v) is 3.76. The molecule has 0 aliphatic heterocycles. The second-order valence-electron chi connectivity index (χ2n) is 3.54. The van der Waals surface area contributed by atoms with E-state index in [2.05, 4.69) is 31.3 Å². The van der Waals surface area contributed by atoms with Gasteiger partial charge >= 0.3 is 0 Å². The van der Waals surface area contributed by atoms with Crippen LogP contribution in [0.2, 0.25) is 0 Å². The Morgan fingerprint density at radius 2 is 2.41 bits per heavy atom. The molecule has 0 saturated carbocycles. The molecule has 0 spiro atoms.